The summed E-state index contributed by atoms with van der Waals surface area (Å²) in [5.74, 6) is 0.361. The zero-order valence-corrected chi connectivity index (χ0v) is 19.4. The van der Waals surface area contributed by atoms with E-state index >= 15 is 0 Å². The fourth-order valence-corrected chi connectivity index (χ4v) is 4.68. The number of carbonyl (C=O) groups is 2. The fraction of sp³-hybridized carbons (Fsp3) is 0.462. The zero-order valence-electron chi connectivity index (χ0n) is 19.4. The highest BCUT2D eigenvalue weighted by molar-refractivity contribution is 6.08. The summed E-state index contributed by atoms with van der Waals surface area (Å²) in [4.78, 5) is 25.9. The van der Waals surface area contributed by atoms with Gasteiger partial charge in [-0.05, 0) is 74.4 Å². The Kier molecular flexibility index (Phi) is 7.62. The lowest BCUT2D eigenvalue weighted by Crippen LogP contribution is -2.42. The molecule has 0 saturated carbocycles. The maximum absolute atomic E-state index is 11.8. The number of nitrogens with zero attached hydrogens (tertiary/aromatic N) is 1. The second kappa shape index (κ2) is 10.8. The van der Waals surface area contributed by atoms with Crippen molar-refractivity contribution < 1.29 is 18.7 Å². The number of fused-ring (bicyclic) bond motifs is 3. The predicted octanol–water partition coefficient (Wildman–Crippen LogP) is 3.46. The van der Waals surface area contributed by atoms with Gasteiger partial charge in [-0.1, -0.05) is 6.07 Å². The van der Waals surface area contributed by atoms with Crippen molar-refractivity contribution in [1.82, 2.24) is 15.5 Å². The Morgan fingerprint density at radius 3 is 2.88 bits per heavy atom. The predicted molar refractivity (Wildman–Crippen MR) is 130 cm³/mol. The molecule has 2 aromatic carbocycles. The summed E-state index contributed by atoms with van der Waals surface area (Å²) in [5, 5.41) is 8.99. The number of piperidine rings is 1. The van der Waals surface area contributed by atoms with Crippen LogP contribution in [0.15, 0.2) is 41.0 Å². The Balaban J connectivity index is 1.49. The lowest BCUT2D eigenvalue weighted by molar-refractivity contribution is -0.120. The molecular weight excluding hydrogens is 418 g/mol. The first-order valence-corrected chi connectivity index (χ1v) is 11.7. The van der Waals surface area contributed by atoms with E-state index in [1.807, 2.05) is 30.3 Å². The van der Waals surface area contributed by atoms with Gasteiger partial charge < -0.3 is 24.6 Å². The molecule has 33 heavy (non-hydrogen) atoms. The third-order valence-corrected chi connectivity index (χ3v) is 6.72. The standard InChI is InChI=1S/C26H33N3O4/c1-27-25(31)8-4-19(16-30)23-17-33-24-7-3-18-15-21(5-6-22(18)26(23)24)32-14-13-29(2)20-9-11-28-12-10-20/h3,5-7,15-17,19-20,28H,4,8-14H2,1-2H3,(H,27,31). The van der Waals surface area contributed by atoms with Gasteiger partial charge in [0.05, 0.1) is 6.26 Å². The van der Waals surface area contributed by atoms with Gasteiger partial charge in [-0.15, -0.1) is 0 Å². The smallest absolute Gasteiger partial charge is 0.219 e. The monoisotopic (exact) mass is 451 g/mol. The molecule has 4 rings (SSSR count). The number of carbonyl (C=O) groups excluding carboxylic acids is 2. The Hall–Kier alpha value is -2.90. The minimum atomic E-state index is -0.393. The van der Waals surface area contributed by atoms with Crippen molar-refractivity contribution in [2.45, 2.75) is 37.6 Å². The van der Waals surface area contributed by atoms with Crippen LogP contribution in [-0.4, -0.2) is 63.5 Å². The lowest BCUT2D eigenvalue weighted by Gasteiger charge is -2.31. The quantitative estimate of drug-likeness (QED) is 0.460. The van der Waals surface area contributed by atoms with Crippen LogP contribution in [0, 0.1) is 0 Å². The molecule has 2 N–H and O–H groups in total. The normalized spacial score (nSPS) is 15.7. The van der Waals surface area contributed by atoms with Crippen LogP contribution < -0.4 is 15.4 Å². The van der Waals surface area contributed by atoms with Gasteiger partial charge in [0.1, 0.15) is 24.2 Å². The number of aldehydes is 1. The molecule has 0 bridgehead atoms. The maximum atomic E-state index is 11.8. The van der Waals surface area contributed by atoms with Crippen molar-refractivity contribution in [1.29, 1.82) is 0 Å². The van der Waals surface area contributed by atoms with Crippen molar-refractivity contribution in [2.24, 2.45) is 0 Å². The number of hydrogen-bond acceptors (Lipinski definition) is 6. The number of ether oxygens (including phenoxy) is 1. The Labute approximate surface area is 194 Å². The van der Waals surface area contributed by atoms with Crippen LogP contribution >= 0.6 is 0 Å². The van der Waals surface area contributed by atoms with Gasteiger partial charge in [-0.2, -0.15) is 0 Å². The number of amides is 1. The molecule has 1 fully saturated rings. The molecule has 0 spiro atoms. The molecule has 1 aromatic heterocycles. The maximum Gasteiger partial charge on any atom is 0.219 e. The second-order valence-electron chi connectivity index (χ2n) is 8.78. The molecule has 1 atom stereocenters. The second-order valence-corrected chi connectivity index (χ2v) is 8.78. The van der Waals surface area contributed by atoms with E-state index in [1.165, 1.54) is 12.8 Å². The zero-order chi connectivity index (χ0) is 23.2. The molecule has 1 aliphatic rings. The van der Waals surface area contributed by atoms with Crippen LogP contribution in [0.1, 0.15) is 37.2 Å². The largest absolute Gasteiger partial charge is 0.492 e. The van der Waals surface area contributed by atoms with Gasteiger partial charge >= 0.3 is 0 Å². The van der Waals surface area contributed by atoms with Gasteiger partial charge in [0.2, 0.25) is 5.91 Å². The molecule has 1 unspecified atom stereocenters. The van der Waals surface area contributed by atoms with Crippen molar-refractivity contribution in [3.8, 4) is 5.75 Å². The molecule has 2 heterocycles. The van der Waals surface area contributed by atoms with Crippen LogP contribution in [0.2, 0.25) is 0 Å². The van der Waals surface area contributed by atoms with E-state index in [0.717, 1.165) is 59.0 Å². The first kappa shape index (κ1) is 23.3. The average molecular weight is 452 g/mol. The van der Waals surface area contributed by atoms with Crippen molar-refractivity contribution in [2.75, 3.05) is 40.3 Å². The highest BCUT2D eigenvalue weighted by Gasteiger charge is 2.20. The third-order valence-electron chi connectivity index (χ3n) is 6.72. The van der Waals surface area contributed by atoms with Gasteiger partial charge in [-0.25, -0.2) is 0 Å². The van der Waals surface area contributed by atoms with E-state index in [2.05, 4.69) is 22.6 Å². The molecule has 7 heteroatoms. The van der Waals surface area contributed by atoms with Gasteiger partial charge in [-0.3, -0.25) is 9.69 Å². The number of rotatable bonds is 10. The summed E-state index contributed by atoms with van der Waals surface area (Å²) in [5.41, 5.74) is 1.56. The Morgan fingerprint density at radius 1 is 1.30 bits per heavy atom. The van der Waals surface area contributed by atoms with Crippen LogP contribution in [0.3, 0.4) is 0 Å². The molecule has 0 radical (unpaired) electrons. The van der Waals surface area contributed by atoms with E-state index in [1.54, 1.807) is 13.3 Å². The van der Waals surface area contributed by atoms with Crippen molar-refractivity contribution in [3.63, 3.8) is 0 Å². The van der Waals surface area contributed by atoms with E-state index < -0.39 is 5.92 Å². The summed E-state index contributed by atoms with van der Waals surface area (Å²) in [6, 6.07) is 10.6. The van der Waals surface area contributed by atoms with Crippen molar-refractivity contribution >= 4 is 33.9 Å². The Bertz CT molecular complexity index is 1100. The molecule has 1 saturated heterocycles. The molecule has 0 aliphatic carbocycles. The minimum Gasteiger partial charge on any atom is -0.492 e. The average Bonchev–Trinajstić information content (AvgIpc) is 3.29. The number of nitrogens with one attached hydrogen (secondary N) is 2. The van der Waals surface area contributed by atoms with E-state index in [-0.39, 0.29) is 5.91 Å². The molecule has 3 aromatic rings. The first-order valence-electron chi connectivity index (χ1n) is 11.7. The fourth-order valence-electron chi connectivity index (χ4n) is 4.68. The van der Waals surface area contributed by atoms with Crippen LogP contribution in [0.25, 0.3) is 21.7 Å². The van der Waals surface area contributed by atoms with Crippen LogP contribution in [-0.2, 0) is 9.59 Å². The van der Waals surface area contributed by atoms with E-state index in [0.29, 0.717) is 25.5 Å². The molecule has 1 amide bonds. The highest BCUT2D eigenvalue weighted by atomic mass is 16.5. The number of hydrogen-bond donors (Lipinski definition) is 2. The first-order chi connectivity index (χ1) is 16.1. The van der Waals surface area contributed by atoms with E-state index in [9.17, 15) is 9.59 Å². The highest BCUT2D eigenvalue weighted by Crippen LogP contribution is 2.36. The minimum absolute atomic E-state index is 0.0768. The van der Waals surface area contributed by atoms with Crippen molar-refractivity contribution in [3.05, 3.63) is 42.2 Å². The van der Waals surface area contributed by atoms with Gasteiger partial charge in [0.15, 0.2) is 0 Å². The number of benzene rings is 2. The summed E-state index contributed by atoms with van der Waals surface area (Å²) in [7, 11) is 3.77. The van der Waals surface area contributed by atoms with Gasteiger partial charge in [0, 0.05) is 42.9 Å². The topological polar surface area (TPSA) is 83.8 Å². The third kappa shape index (κ3) is 5.37. The number of furan rings is 1. The Morgan fingerprint density at radius 2 is 2.12 bits per heavy atom. The van der Waals surface area contributed by atoms with Crippen LogP contribution in [0.5, 0.6) is 5.75 Å². The molecule has 176 valence electrons. The molecular formula is C26H33N3O4. The van der Waals surface area contributed by atoms with Crippen LogP contribution in [0.4, 0.5) is 0 Å². The van der Waals surface area contributed by atoms with E-state index in [4.69, 9.17) is 9.15 Å². The lowest BCUT2D eigenvalue weighted by atomic mass is 9.92. The number of likely N-dealkylation sites (N-methyl/N-ethyl adjacent to an activating group) is 1. The summed E-state index contributed by atoms with van der Waals surface area (Å²) in [6.07, 6.45) is 5.65. The molecule has 7 nitrogen and oxygen atoms in total. The SMILES string of the molecule is CNC(=O)CCC(C=O)c1coc2ccc3cc(OCCN(C)C4CCNCC4)ccc3c12. The molecule has 1 aliphatic heterocycles. The summed E-state index contributed by atoms with van der Waals surface area (Å²) < 4.78 is 11.8. The summed E-state index contributed by atoms with van der Waals surface area (Å²) >= 11 is 0. The summed E-state index contributed by atoms with van der Waals surface area (Å²) in [6.45, 7) is 3.70. The van der Waals surface area contributed by atoms with Gasteiger partial charge in [0.25, 0.3) is 0 Å².